The second-order valence-corrected chi connectivity index (χ2v) is 8.36. The molecule has 2 aliphatic carbocycles. The van der Waals surface area contributed by atoms with Crippen LogP contribution < -0.4 is 5.32 Å². The lowest BCUT2D eigenvalue weighted by molar-refractivity contribution is 0.0197. The summed E-state index contributed by atoms with van der Waals surface area (Å²) in [5.74, 6) is 3.77. The van der Waals surface area contributed by atoms with E-state index in [2.05, 4.69) is 31.0 Å². The van der Waals surface area contributed by atoms with E-state index in [9.17, 15) is 0 Å². The first-order chi connectivity index (χ1) is 9.61. The number of rotatable bonds is 6. The SMILES string of the molecule is CC(C)CNC1CC(CC2CC2)CN(C2CCC2C)C1. The van der Waals surface area contributed by atoms with Crippen molar-refractivity contribution in [3.63, 3.8) is 0 Å². The van der Waals surface area contributed by atoms with Crippen molar-refractivity contribution in [3.05, 3.63) is 0 Å². The molecule has 4 atom stereocenters. The fourth-order valence-electron chi connectivity index (χ4n) is 4.25. The molecule has 0 aromatic rings. The Kier molecular flexibility index (Phi) is 4.72. The van der Waals surface area contributed by atoms with Crippen molar-refractivity contribution in [3.8, 4) is 0 Å². The Morgan fingerprint density at radius 3 is 2.40 bits per heavy atom. The van der Waals surface area contributed by atoms with Gasteiger partial charge in [0.05, 0.1) is 0 Å². The van der Waals surface area contributed by atoms with Crippen molar-refractivity contribution >= 4 is 0 Å². The van der Waals surface area contributed by atoms with E-state index < -0.39 is 0 Å². The largest absolute Gasteiger partial charge is 0.312 e. The standard InChI is InChI=1S/C18H34N2/c1-13(2)10-19-17-9-16(8-15-5-6-15)11-20(12-17)18-7-4-14(18)3/h13-19H,4-12H2,1-3H3. The summed E-state index contributed by atoms with van der Waals surface area (Å²) >= 11 is 0. The molecule has 3 fully saturated rings. The number of likely N-dealkylation sites (tertiary alicyclic amines) is 1. The third kappa shape index (κ3) is 3.76. The monoisotopic (exact) mass is 278 g/mol. The summed E-state index contributed by atoms with van der Waals surface area (Å²) < 4.78 is 0. The quantitative estimate of drug-likeness (QED) is 0.800. The smallest absolute Gasteiger partial charge is 0.0198 e. The van der Waals surface area contributed by atoms with E-state index in [1.165, 1.54) is 58.2 Å². The highest BCUT2D eigenvalue weighted by Crippen LogP contribution is 2.40. The van der Waals surface area contributed by atoms with Gasteiger partial charge in [0, 0.05) is 25.2 Å². The van der Waals surface area contributed by atoms with E-state index in [1.807, 2.05) is 0 Å². The predicted octanol–water partition coefficient (Wildman–Crippen LogP) is 3.52. The van der Waals surface area contributed by atoms with Gasteiger partial charge < -0.3 is 5.32 Å². The molecule has 1 aliphatic heterocycles. The predicted molar refractivity (Wildman–Crippen MR) is 85.8 cm³/mol. The Balaban J connectivity index is 1.55. The molecule has 3 aliphatic rings. The second-order valence-electron chi connectivity index (χ2n) is 8.36. The van der Waals surface area contributed by atoms with Crippen LogP contribution in [0.1, 0.15) is 59.3 Å². The van der Waals surface area contributed by atoms with Crippen LogP contribution >= 0.6 is 0 Å². The van der Waals surface area contributed by atoms with Crippen LogP contribution in [-0.2, 0) is 0 Å². The molecule has 116 valence electrons. The van der Waals surface area contributed by atoms with Crippen molar-refractivity contribution in [1.29, 1.82) is 0 Å². The molecular weight excluding hydrogens is 244 g/mol. The van der Waals surface area contributed by atoms with Gasteiger partial charge in [0.1, 0.15) is 0 Å². The van der Waals surface area contributed by atoms with Crippen molar-refractivity contribution < 1.29 is 0 Å². The summed E-state index contributed by atoms with van der Waals surface area (Å²) in [6.45, 7) is 11.0. The van der Waals surface area contributed by atoms with Gasteiger partial charge in [-0.1, -0.05) is 33.6 Å². The van der Waals surface area contributed by atoms with Gasteiger partial charge in [-0.2, -0.15) is 0 Å². The molecule has 1 saturated heterocycles. The zero-order valence-electron chi connectivity index (χ0n) is 13.8. The van der Waals surface area contributed by atoms with Gasteiger partial charge in [-0.25, -0.2) is 0 Å². The summed E-state index contributed by atoms with van der Waals surface area (Å²) in [6, 6.07) is 1.66. The van der Waals surface area contributed by atoms with E-state index in [0.29, 0.717) is 0 Å². The minimum Gasteiger partial charge on any atom is -0.312 e. The first-order valence-corrected chi connectivity index (χ1v) is 9.09. The topological polar surface area (TPSA) is 15.3 Å². The fraction of sp³-hybridized carbons (Fsp3) is 1.00. The van der Waals surface area contributed by atoms with Crippen LogP contribution in [0.15, 0.2) is 0 Å². The summed E-state index contributed by atoms with van der Waals surface area (Å²) in [7, 11) is 0. The highest BCUT2D eigenvalue weighted by molar-refractivity contribution is 4.94. The summed E-state index contributed by atoms with van der Waals surface area (Å²) in [5, 5.41) is 3.85. The Morgan fingerprint density at radius 2 is 1.85 bits per heavy atom. The van der Waals surface area contributed by atoms with E-state index in [0.717, 1.165) is 35.8 Å². The molecule has 0 aromatic carbocycles. The fourth-order valence-corrected chi connectivity index (χ4v) is 4.25. The Morgan fingerprint density at radius 1 is 1.05 bits per heavy atom. The highest BCUT2D eigenvalue weighted by atomic mass is 15.2. The minimum absolute atomic E-state index is 0.752. The Labute approximate surface area is 125 Å². The first kappa shape index (κ1) is 14.8. The number of piperidine rings is 1. The lowest BCUT2D eigenvalue weighted by atomic mass is 9.77. The van der Waals surface area contributed by atoms with Crippen LogP contribution in [-0.4, -0.2) is 36.6 Å². The van der Waals surface area contributed by atoms with E-state index >= 15 is 0 Å². The van der Waals surface area contributed by atoms with Crippen LogP contribution in [0.25, 0.3) is 0 Å². The van der Waals surface area contributed by atoms with Gasteiger partial charge in [0.2, 0.25) is 0 Å². The van der Waals surface area contributed by atoms with Gasteiger partial charge in [-0.05, 0) is 55.9 Å². The van der Waals surface area contributed by atoms with Gasteiger partial charge in [-0.3, -0.25) is 4.90 Å². The maximum atomic E-state index is 3.85. The highest BCUT2D eigenvalue weighted by Gasteiger charge is 2.38. The number of hydrogen-bond donors (Lipinski definition) is 1. The average molecular weight is 278 g/mol. The van der Waals surface area contributed by atoms with E-state index in [1.54, 1.807) is 0 Å². The molecule has 0 amide bonds. The minimum atomic E-state index is 0.752. The van der Waals surface area contributed by atoms with Crippen molar-refractivity contribution in [2.75, 3.05) is 19.6 Å². The summed E-state index contributed by atoms with van der Waals surface area (Å²) in [4.78, 5) is 2.85. The summed E-state index contributed by atoms with van der Waals surface area (Å²) in [5.41, 5.74) is 0. The Bertz CT molecular complexity index is 311. The van der Waals surface area contributed by atoms with E-state index in [-0.39, 0.29) is 0 Å². The van der Waals surface area contributed by atoms with Crippen LogP contribution in [0.2, 0.25) is 0 Å². The molecule has 2 heteroatoms. The molecule has 4 unspecified atom stereocenters. The van der Waals surface area contributed by atoms with Crippen LogP contribution in [0.4, 0.5) is 0 Å². The molecule has 3 rings (SSSR count). The molecule has 1 N–H and O–H groups in total. The third-order valence-corrected chi connectivity index (χ3v) is 5.79. The zero-order valence-corrected chi connectivity index (χ0v) is 13.8. The molecule has 2 nitrogen and oxygen atoms in total. The van der Waals surface area contributed by atoms with Crippen molar-refractivity contribution in [2.45, 2.75) is 71.4 Å². The van der Waals surface area contributed by atoms with Crippen molar-refractivity contribution in [2.24, 2.45) is 23.7 Å². The normalized spacial score (nSPS) is 39.0. The maximum absolute atomic E-state index is 3.85. The van der Waals surface area contributed by atoms with Crippen LogP contribution in [0.3, 0.4) is 0 Å². The van der Waals surface area contributed by atoms with Crippen LogP contribution in [0, 0.1) is 23.7 Å². The Hall–Kier alpha value is -0.0800. The zero-order chi connectivity index (χ0) is 14.1. The molecular formula is C18H34N2. The maximum Gasteiger partial charge on any atom is 0.0198 e. The molecule has 0 radical (unpaired) electrons. The lowest BCUT2D eigenvalue weighted by Crippen LogP contribution is -2.57. The van der Waals surface area contributed by atoms with Gasteiger partial charge in [0.15, 0.2) is 0 Å². The van der Waals surface area contributed by atoms with Crippen molar-refractivity contribution in [1.82, 2.24) is 10.2 Å². The third-order valence-electron chi connectivity index (χ3n) is 5.79. The molecule has 20 heavy (non-hydrogen) atoms. The molecule has 2 saturated carbocycles. The molecule has 0 spiro atoms. The summed E-state index contributed by atoms with van der Waals surface area (Å²) in [6.07, 6.45) is 8.88. The molecule has 0 bridgehead atoms. The lowest BCUT2D eigenvalue weighted by Gasteiger charge is -2.49. The van der Waals surface area contributed by atoms with Gasteiger partial charge in [-0.15, -0.1) is 0 Å². The number of hydrogen-bond acceptors (Lipinski definition) is 2. The van der Waals surface area contributed by atoms with Crippen LogP contribution in [0.5, 0.6) is 0 Å². The molecule has 1 heterocycles. The van der Waals surface area contributed by atoms with Gasteiger partial charge >= 0.3 is 0 Å². The average Bonchev–Trinajstić information content (AvgIpc) is 3.18. The molecule has 0 aromatic heterocycles. The van der Waals surface area contributed by atoms with Gasteiger partial charge in [0.25, 0.3) is 0 Å². The number of nitrogens with one attached hydrogen (secondary N) is 1. The second kappa shape index (κ2) is 6.36. The first-order valence-electron chi connectivity index (χ1n) is 9.09. The number of nitrogens with zero attached hydrogens (tertiary/aromatic N) is 1. The van der Waals surface area contributed by atoms with E-state index in [4.69, 9.17) is 0 Å².